The van der Waals surface area contributed by atoms with E-state index in [1.165, 1.54) is 69.1 Å². The number of halogens is 9. The van der Waals surface area contributed by atoms with Gasteiger partial charge < -0.3 is 24.2 Å². The van der Waals surface area contributed by atoms with Gasteiger partial charge in [-0.15, -0.1) is 0 Å². The summed E-state index contributed by atoms with van der Waals surface area (Å²) in [5.41, 5.74) is 0. The van der Waals surface area contributed by atoms with Crippen molar-refractivity contribution >= 4 is 0 Å². The molecule has 0 aromatic rings. The fourth-order valence-corrected chi connectivity index (χ4v) is 15.4. The van der Waals surface area contributed by atoms with Gasteiger partial charge in [0, 0.05) is 38.1 Å². The van der Waals surface area contributed by atoms with E-state index < -0.39 is 48.7 Å². The van der Waals surface area contributed by atoms with Crippen LogP contribution in [-0.2, 0) is 9.47 Å². The molecule has 1 saturated carbocycles. The molecule has 0 aromatic carbocycles. The Hall–Kier alpha value is -0.910. The van der Waals surface area contributed by atoms with Gasteiger partial charge in [-0.3, -0.25) is 9.80 Å². The van der Waals surface area contributed by atoms with E-state index in [0.29, 0.717) is 74.9 Å². The molecule has 7 nitrogen and oxygen atoms in total. The van der Waals surface area contributed by atoms with E-state index in [-0.39, 0.29) is 24.9 Å². The summed E-state index contributed by atoms with van der Waals surface area (Å²) in [7, 11) is 1.75. The molecular weight excluding hydrogens is 1160 g/mol. The molecule has 0 aromatic heterocycles. The first-order chi connectivity index (χ1) is 41.9. The molecular formula is C74H142F9N5O2. The maximum absolute atomic E-state index is 13.5. The van der Waals surface area contributed by atoms with Crippen LogP contribution in [0.5, 0.6) is 0 Å². The van der Waals surface area contributed by atoms with E-state index in [0.717, 1.165) is 126 Å². The molecule has 0 radical (unpaired) electrons. The van der Waals surface area contributed by atoms with Gasteiger partial charge in [-0.05, 0) is 226 Å². The molecule has 0 N–H and O–H groups in total. The SMILES string of the molecule is CC(C)C1CC2CCC1O2.CC(C)C1CCCC1.CC(C)C1CCN(C)CC1(F)F.CC(C)C1CCN(CC(F)(F)F)CC1.CC(C)C1CCOC1.CC(F)CN1CCC(C(C)C)CC1.CCN1CCC(C(C)C)C(F)(F)C1.CCN1CCC(C(C)C)[C@@H](F)C1. The molecule has 1 aliphatic carbocycles. The fourth-order valence-electron chi connectivity index (χ4n) is 15.4. The van der Waals surface area contributed by atoms with Crippen molar-refractivity contribution in [3.05, 3.63) is 0 Å². The molecule has 0 amide bonds. The summed E-state index contributed by atoms with van der Waals surface area (Å²) in [5.74, 6) is 3.41. The van der Waals surface area contributed by atoms with Crippen LogP contribution in [0.2, 0.25) is 0 Å². The Bertz CT molecular complexity index is 1760. The molecule has 90 heavy (non-hydrogen) atoms. The standard InChI is InChI=1S/C11H22FN.C10H18F3N.C10H19F2N.C10H20FN.C9H17F2N.C9H16O.C8H16.C7H14O/c1-9(2)11-4-6-13(7-5-11)8-10(3)12;1-8(2)9-3-5-14(6-4-9)7-10(11,12)13;1-4-13-6-5-9(8(2)3)10(11,12)7-13;1-4-12-6-5-9(8(2)3)10(11)7-12;1-7(2)8-4-5-12(3)6-9(8,10)11;1-6(2)8-5-7-3-4-9(8)10-7;1-7(2)8-5-3-4-6-8;1-6(2)7-3-4-8-5-7/h9-11H,4-8H2,1-3H3;8-9H,3-7H2,1-2H3;8-9H,4-7H2,1-3H3;8-10H,4-7H2,1-3H3;7-8H,4-6H2,1-3H3;6-9H,3-5H2,1-2H3;7-8H,3-6H2,1-2H3;6-7H,3-5H2,1-2H3/t;;;9?,10-;;;;/m...0..../s1. The molecule has 8 aliphatic heterocycles. The maximum atomic E-state index is 13.5. The first-order valence-corrected chi connectivity index (χ1v) is 36.8. The molecule has 0 spiro atoms. The van der Waals surface area contributed by atoms with E-state index >= 15 is 0 Å². The second-order valence-corrected chi connectivity index (χ2v) is 31.8. The van der Waals surface area contributed by atoms with Gasteiger partial charge in [-0.1, -0.05) is 150 Å². The molecule has 8 unspecified atom stereocenters. The van der Waals surface area contributed by atoms with Gasteiger partial charge in [0.25, 0.3) is 11.8 Å². The Labute approximate surface area is 548 Å². The molecule has 2 bridgehead atoms. The third-order valence-corrected chi connectivity index (χ3v) is 21.9. The van der Waals surface area contributed by atoms with Crippen molar-refractivity contribution in [1.82, 2.24) is 24.5 Å². The van der Waals surface area contributed by atoms with Crippen LogP contribution in [0.25, 0.3) is 0 Å². The number of ether oxygens (including phenoxy) is 2. The maximum Gasteiger partial charge on any atom is 0.401 e. The predicted octanol–water partition coefficient (Wildman–Crippen LogP) is 19.5. The summed E-state index contributed by atoms with van der Waals surface area (Å²) in [6.45, 7) is 50.4. The molecule has 9 rings (SSSR count). The van der Waals surface area contributed by atoms with Gasteiger partial charge in [0.05, 0.1) is 31.8 Å². The summed E-state index contributed by atoms with van der Waals surface area (Å²) < 4.78 is 127. The molecule has 16 heteroatoms. The fraction of sp³-hybridized carbons (Fsp3) is 1.00. The van der Waals surface area contributed by atoms with Crippen molar-refractivity contribution in [2.45, 2.75) is 270 Å². The van der Waals surface area contributed by atoms with Crippen LogP contribution >= 0.6 is 0 Å². The molecule has 8 heterocycles. The zero-order valence-electron chi connectivity index (χ0n) is 61.4. The number of piperidine rings is 5. The summed E-state index contributed by atoms with van der Waals surface area (Å²) in [5, 5.41) is 0. The molecule has 8 saturated heterocycles. The van der Waals surface area contributed by atoms with E-state index in [4.69, 9.17) is 9.47 Å². The van der Waals surface area contributed by atoms with Gasteiger partial charge in [-0.2, -0.15) is 13.2 Å². The van der Waals surface area contributed by atoms with Crippen molar-refractivity contribution in [1.29, 1.82) is 0 Å². The number of hydrogen-bond acceptors (Lipinski definition) is 7. The van der Waals surface area contributed by atoms with Gasteiger partial charge in [0.1, 0.15) is 12.3 Å². The number of alkyl halides is 9. The number of rotatable bonds is 13. The zero-order chi connectivity index (χ0) is 68.3. The van der Waals surface area contributed by atoms with Gasteiger partial charge in [-0.25, -0.2) is 26.3 Å². The average Bonchev–Trinajstić information content (AvgIpc) is 1.82. The van der Waals surface area contributed by atoms with Gasteiger partial charge >= 0.3 is 6.18 Å². The zero-order valence-corrected chi connectivity index (χ0v) is 61.4. The predicted molar refractivity (Wildman–Crippen MR) is 361 cm³/mol. The van der Waals surface area contributed by atoms with Crippen molar-refractivity contribution in [2.75, 3.05) is 112 Å². The minimum atomic E-state index is -4.04. The van der Waals surface area contributed by atoms with E-state index in [2.05, 4.69) is 99.8 Å². The molecule has 9 fully saturated rings. The Morgan fingerprint density at radius 2 is 0.911 bits per heavy atom. The molecule has 9 aliphatic rings. The summed E-state index contributed by atoms with van der Waals surface area (Å²) in [4.78, 5) is 9.50. The monoisotopic (exact) mass is 1300 g/mol. The van der Waals surface area contributed by atoms with Crippen LogP contribution < -0.4 is 0 Å². The highest BCUT2D eigenvalue weighted by molar-refractivity contribution is 4.91. The first-order valence-electron chi connectivity index (χ1n) is 36.8. The van der Waals surface area contributed by atoms with Crippen LogP contribution in [0.1, 0.15) is 228 Å². The highest BCUT2D eigenvalue weighted by Crippen LogP contribution is 2.43. The molecule has 538 valence electrons. The van der Waals surface area contributed by atoms with Crippen LogP contribution in [0, 0.1) is 94.7 Å². The third-order valence-electron chi connectivity index (χ3n) is 21.9. The first kappa shape index (κ1) is 85.2. The normalized spacial score (nSPS) is 29.3. The van der Waals surface area contributed by atoms with E-state index in [9.17, 15) is 39.5 Å². The smallest absolute Gasteiger partial charge is 0.381 e. The highest BCUT2D eigenvalue weighted by Gasteiger charge is 2.46. The summed E-state index contributed by atoms with van der Waals surface area (Å²) in [6, 6.07) is 0. The largest absolute Gasteiger partial charge is 0.401 e. The average molecular weight is 1300 g/mol. The van der Waals surface area contributed by atoms with Crippen molar-refractivity contribution in [2.24, 2.45) is 94.7 Å². The van der Waals surface area contributed by atoms with Crippen molar-refractivity contribution < 1.29 is 49.0 Å². The minimum absolute atomic E-state index is 0.0493. The number of likely N-dealkylation sites (tertiary alicyclic amines) is 5. The Morgan fingerprint density at radius 3 is 1.23 bits per heavy atom. The van der Waals surface area contributed by atoms with E-state index in [1.54, 1.807) is 18.9 Å². The van der Waals surface area contributed by atoms with Crippen LogP contribution in [0.15, 0.2) is 0 Å². The van der Waals surface area contributed by atoms with E-state index in [1.807, 2.05) is 39.5 Å². The Kier molecular flexibility index (Phi) is 40.4. The quantitative estimate of drug-likeness (QED) is 0.170. The van der Waals surface area contributed by atoms with Gasteiger partial charge in [0.15, 0.2) is 0 Å². The number of hydrogen-bond donors (Lipinski definition) is 0. The molecule has 9 atom stereocenters. The Morgan fingerprint density at radius 1 is 0.467 bits per heavy atom. The lowest BCUT2D eigenvalue weighted by molar-refractivity contribution is -0.149. The van der Waals surface area contributed by atoms with Crippen molar-refractivity contribution in [3.63, 3.8) is 0 Å². The van der Waals surface area contributed by atoms with Crippen LogP contribution in [0.3, 0.4) is 0 Å². The minimum Gasteiger partial charge on any atom is -0.381 e. The topological polar surface area (TPSA) is 34.7 Å². The lowest BCUT2D eigenvalue weighted by Crippen LogP contribution is -2.49. The number of nitrogens with zero attached hydrogens (tertiary/aromatic N) is 5. The summed E-state index contributed by atoms with van der Waals surface area (Å²) in [6.07, 6.45) is 13.8. The second kappa shape index (κ2) is 42.7. The lowest BCUT2D eigenvalue weighted by atomic mass is 9.82. The lowest BCUT2D eigenvalue weighted by Gasteiger charge is -2.39. The van der Waals surface area contributed by atoms with Crippen molar-refractivity contribution in [3.8, 4) is 0 Å². The van der Waals surface area contributed by atoms with Gasteiger partial charge in [0.2, 0.25) is 0 Å². The number of fused-ring (bicyclic) bond motifs is 2. The highest BCUT2D eigenvalue weighted by atomic mass is 19.4. The Balaban J connectivity index is 0.000000353. The van der Waals surface area contributed by atoms with Crippen LogP contribution in [-0.4, -0.2) is 179 Å². The third kappa shape index (κ3) is 32.9. The van der Waals surface area contributed by atoms with Crippen LogP contribution in [0.4, 0.5) is 39.5 Å². The second-order valence-electron chi connectivity index (χ2n) is 31.8. The summed E-state index contributed by atoms with van der Waals surface area (Å²) >= 11 is 0.